The predicted molar refractivity (Wildman–Crippen MR) is 38.3 cm³/mol. The lowest BCUT2D eigenvalue weighted by Crippen LogP contribution is -2.00. The lowest BCUT2D eigenvalue weighted by molar-refractivity contribution is 0.377. The van der Waals surface area contributed by atoms with Gasteiger partial charge in [-0.25, -0.2) is 4.79 Å². The molecule has 0 bridgehead atoms. The summed E-state index contributed by atoms with van der Waals surface area (Å²) in [5.74, 6) is 0.723. The van der Waals surface area contributed by atoms with Crippen molar-refractivity contribution in [2.75, 3.05) is 0 Å². The van der Waals surface area contributed by atoms with Crippen molar-refractivity contribution in [3.05, 3.63) is 16.4 Å². The van der Waals surface area contributed by atoms with Crippen LogP contribution in [0.3, 0.4) is 0 Å². The van der Waals surface area contributed by atoms with E-state index in [4.69, 9.17) is 0 Å². The van der Waals surface area contributed by atoms with Gasteiger partial charge in [0.15, 0.2) is 5.82 Å². The zero-order valence-corrected chi connectivity index (χ0v) is 6.17. The Morgan fingerprint density at radius 1 is 1.45 bits per heavy atom. The Balaban J connectivity index is 2.21. The van der Waals surface area contributed by atoms with Gasteiger partial charge in [0, 0.05) is 5.92 Å². The van der Waals surface area contributed by atoms with Crippen LogP contribution in [0, 0.1) is 0 Å². The van der Waals surface area contributed by atoms with Crippen LogP contribution < -0.4 is 5.76 Å². The van der Waals surface area contributed by atoms with Crippen LogP contribution in [0.1, 0.15) is 37.4 Å². The first-order chi connectivity index (χ1) is 5.36. The summed E-state index contributed by atoms with van der Waals surface area (Å²) in [4.78, 5) is 13.1. The average molecular weight is 154 g/mol. The lowest BCUT2D eigenvalue weighted by atomic mass is 10.1. The molecule has 1 fully saturated rings. The molecule has 0 aliphatic heterocycles. The SMILES string of the molecule is O=c1[nH]c(C2CCCC2)no1. The second-order valence-corrected chi connectivity index (χ2v) is 2.96. The maximum Gasteiger partial charge on any atom is 0.438 e. The van der Waals surface area contributed by atoms with Gasteiger partial charge in [-0.1, -0.05) is 18.0 Å². The van der Waals surface area contributed by atoms with Crippen LogP contribution in [0.4, 0.5) is 0 Å². The van der Waals surface area contributed by atoms with Gasteiger partial charge in [-0.3, -0.25) is 9.51 Å². The molecule has 4 nitrogen and oxygen atoms in total. The van der Waals surface area contributed by atoms with E-state index in [1.54, 1.807) is 0 Å². The Morgan fingerprint density at radius 2 is 2.18 bits per heavy atom. The molecule has 1 aliphatic rings. The number of hydrogen-bond acceptors (Lipinski definition) is 3. The highest BCUT2D eigenvalue weighted by atomic mass is 16.5. The number of rotatable bonds is 1. The predicted octanol–water partition coefficient (Wildman–Crippen LogP) is 1.02. The lowest BCUT2D eigenvalue weighted by Gasteiger charge is -1.99. The van der Waals surface area contributed by atoms with Crippen LogP contribution in [0.2, 0.25) is 0 Å². The largest absolute Gasteiger partial charge is 0.438 e. The van der Waals surface area contributed by atoms with Crippen LogP contribution in [0.15, 0.2) is 9.32 Å². The molecule has 2 rings (SSSR count). The minimum absolute atomic E-state index is 0.432. The zero-order chi connectivity index (χ0) is 7.68. The summed E-state index contributed by atoms with van der Waals surface area (Å²) in [5.41, 5.74) is 0. The standard InChI is InChI=1S/C7H10N2O2/c10-7-8-6(9-11-7)5-3-1-2-4-5/h5H,1-4H2,(H,8,9,10). The Labute approximate surface area is 63.6 Å². The van der Waals surface area contributed by atoms with Gasteiger partial charge in [0.25, 0.3) is 0 Å². The second kappa shape index (κ2) is 2.53. The molecule has 0 spiro atoms. The van der Waals surface area contributed by atoms with Crippen molar-refractivity contribution in [1.82, 2.24) is 10.1 Å². The smallest absolute Gasteiger partial charge is 0.296 e. The highest BCUT2D eigenvalue weighted by molar-refractivity contribution is 4.94. The van der Waals surface area contributed by atoms with Gasteiger partial charge >= 0.3 is 5.76 Å². The van der Waals surface area contributed by atoms with Crippen molar-refractivity contribution in [3.8, 4) is 0 Å². The molecule has 60 valence electrons. The summed E-state index contributed by atoms with van der Waals surface area (Å²) in [5, 5.41) is 3.65. The third kappa shape index (κ3) is 1.20. The van der Waals surface area contributed by atoms with E-state index in [0.29, 0.717) is 5.92 Å². The van der Waals surface area contributed by atoms with Gasteiger partial charge in [-0.15, -0.1) is 0 Å². The molecular formula is C7H10N2O2. The fourth-order valence-corrected chi connectivity index (χ4v) is 1.62. The van der Waals surface area contributed by atoms with E-state index in [-0.39, 0.29) is 0 Å². The van der Waals surface area contributed by atoms with Crippen molar-refractivity contribution < 1.29 is 4.52 Å². The molecule has 1 aromatic rings. The molecule has 1 saturated carbocycles. The van der Waals surface area contributed by atoms with Crippen LogP contribution in [-0.2, 0) is 0 Å². The summed E-state index contributed by atoms with van der Waals surface area (Å²) < 4.78 is 4.42. The number of nitrogens with zero attached hydrogens (tertiary/aromatic N) is 1. The van der Waals surface area contributed by atoms with E-state index in [1.807, 2.05) is 0 Å². The van der Waals surface area contributed by atoms with Crippen molar-refractivity contribution in [2.45, 2.75) is 31.6 Å². The van der Waals surface area contributed by atoms with Gasteiger partial charge in [0.2, 0.25) is 0 Å². The fourth-order valence-electron chi connectivity index (χ4n) is 1.62. The van der Waals surface area contributed by atoms with Gasteiger partial charge < -0.3 is 0 Å². The average Bonchev–Trinajstić information content (AvgIpc) is 2.55. The Morgan fingerprint density at radius 3 is 2.73 bits per heavy atom. The second-order valence-electron chi connectivity index (χ2n) is 2.96. The summed E-state index contributed by atoms with van der Waals surface area (Å²) in [6, 6.07) is 0. The first-order valence-corrected chi connectivity index (χ1v) is 3.92. The van der Waals surface area contributed by atoms with E-state index in [2.05, 4.69) is 14.7 Å². The molecule has 1 aliphatic carbocycles. The number of aromatic nitrogens is 2. The van der Waals surface area contributed by atoms with Crippen LogP contribution in [0.5, 0.6) is 0 Å². The van der Waals surface area contributed by atoms with Gasteiger partial charge in [-0.2, -0.15) is 0 Å². The third-order valence-corrected chi connectivity index (χ3v) is 2.20. The number of nitrogens with one attached hydrogen (secondary N) is 1. The first-order valence-electron chi connectivity index (χ1n) is 3.92. The molecule has 1 aromatic heterocycles. The van der Waals surface area contributed by atoms with Crippen LogP contribution in [0.25, 0.3) is 0 Å². The Hall–Kier alpha value is -1.06. The van der Waals surface area contributed by atoms with E-state index < -0.39 is 5.76 Å². The molecule has 1 N–H and O–H groups in total. The number of hydrogen-bond donors (Lipinski definition) is 1. The van der Waals surface area contributed by atoms with Crippen molar-refractivity contribution in [1.29, 1.82) is 0 Å². The molecule has 0 aromatic carbocycles. The Bertz CT molecular complexity index is 283. The molecular weight excluding hydrogens is 144 g/mol. The molecule has 4 heteroatoms. The molecule has 1 heterocycles. The van der Waals surface area contributed by atoms with Crippen molar-refractivity contribution >= 4 is 0 Å². The van der Waals surface area contributed by atoms with Gasteiger partial charge in [-0.05, 0) is 12.8 Å². The highest BCUT2D eigenvalue weighted by Gasteiger charge is 2.20. The van der Waals surface area contributed by atoms with Crippen molar-refractivity contribution in [2.24, 2.45) is 0 Å². The van der Waals surface area contributed by atoms with E-state index in [1.165, 1.54) is 12.8 Å². The van der Waals surface area contributed by atoms with Crippen molar-refractivity contribution in [3.63, 3.8) is 0 Å². The first kappa shape index (κ1) is 6.64. The summed E-state index contributed by atoms with van der Waals surface area (Å²) in [6.45, 7) is 0. The Kier molecular flexibility index (Phi) is 1.52. The third-order valence-electron chi connectivity index (χ3n) is 2.20. The highest BCUT2D eigenvalue weighted by Crippen LogP contribution is 2.31. The maximum atomic E-state index is 10.6. The van der Waals surface area contributed by atoms with E-state index >= 15 is 0 Å². The van der Waals surface area contributed by atoms with Gasteiger partial charge in [0.1, 0.15) is 0 Å². The fraction of sp³-hybridized carbons (Fsp3) is 0.714. The van der Waals surface area contributed by atoms with Gasteiger partial charge in [0.05, 0.1) is 0 Å². The molecule has 11 heavy (non-hydrogen) atoms. The van der Waals surface area contributed by atoms with Crippen LogP contribution >= 0.6 is 0 Å². The summed E-state index contributed by atoms with van der Waals surface area (Å²) >= 11 is 0. The number of aromatic amines is 1. The minimum Gasteiger partial charge on any atom is -0.296 e. The molecule has 0 amide bonds. The molecule has 0 radical (unpaired) electrons. The van der Waals surface area contributed by atoms with E-state index in [9.17, 15) is 4.79 Å². The molecule has 0 unspecified atom stereocenters. The topological polar surface area (TPSA) is 58.9 Å². The minimum atomic E-state index is -0.438. The number of H-pyrrole nitrogens is 1. The zero-order valence-electron chi connectivity index (χ0n) is 6.17. The molecule has 0 saturated heterocycles. The molecule has 0 atom stereocenters. The maximum absolute atomic E-state index is 10.6. The summed E-state index contributed by atoms with van der Waals surface area (Å²) in [6.07, 6.45) is 4.73. The quantitative estimate of drug-likeness (QED) is 0.657. The normalized spacial score (nSPS) is 19.3. The van der Waals surface area contributed by atoms with Crippen LogP contribution in [-0.4, -0.2) is 10.1 Å². The monoisotopic (exact) mass is 154 g/mol. The van der Waals surface area contributed by atoms with E-state index in [0.717, 1.165) is 18.7 Å². The summed E-state index contributed by atoms with van der Waals surface area (Å²) in [7, 11) is 0.